The molecule has 1 heterocycles. The van der Waals surface area contributed by atoms with Gasteiger partial charge in [0.15, 0.2) is 0 Å². The number of benzene rings is 2. The third kappa shape index (κ3) is 4.27. The Morgan fingerprint density at radius 1 is 1.12 bits per heavy atom. The maximum absolute atomic E-state index is 13.8. The molecule has 0 unspecified atom stereocenters. The van der Waals surface area contributed by atoms with Crippen molar-refractivity contribution in [3.05, 3.63) is 58.7 Å². The fraction of sp³-hybridized carbons (Fsp3) is 0.385. The predicted octanol–water partition coefficient (Wildman–Crippen LogP) is 5.77. The van der Waals surface area contributed by atoms with Crippen LogP contribution < -0.4 is 4.90 Å². The summed E-state index contributed by atoms with van der Waals surface area (Å²) < 4.78 is 0. The van der Waals surface area contributed by atoms with Gasteiger partial charge in [0.25, 0.3) is 0 Å². The lowest BCUT2D eigenvalue weighted by molar-refractivity contribution is 0.0696. The maximum atomic E-state index is 13.8. The molecule has 1 N–H and O–H groups in total. The minimum absolute atomic E-state index is 0.160. The van der Waals surface area contributed by atoms with E-state index < -0.39 is 5.97 Å². The molecule has 1 aliphatic carbocycles. The number of hydrogen-bond donors (Lipinski definition) is 1. The van der Waals surface area contributed by atoms with Crippen LogP contribution in [0.25, 0.3) is 0 Å². The summed E-state index contributed by atoms with van der Waals surface area (Å²) in [6.45, 7) is 5.57. The minimum Gasteiger partial charge on any atom is -0.478 e. The molecule has 0 aromatic heterocycles. The van der Waals surface area contributed by atoms with Gasteiger partial charge in [-0.1, -0.05) is 19.3 Å². The first-order valence-electron chi connectivity index (χ1n) is 11.5. The molecular formula is C26H29N3O4. The Kier molecular flexibility index (Phi) is 6.31. The van der Waals surface area contributed by atoms with E-state index in [0.29, 0.717) is 28.1 Å². The van der Waals surface area contributed by atoms with E-state index in [1.165, 1.54) is 11.4 Å². The highest BCUT2D eigenvalue weighted by atomic mass is 16.4. The molecule has 4 rings (SSSR count). The SMILES string of the molecule is Cc1cc2c(cc1C(=O)O)C(C1CCCCC1)=NN(C(C)C)C(=O)N2c1ccc(C=O)cc1. The molecule has 2 aromatic rings. The predicted molar refractivity (Wildman–Crippen MR) is 128 cm³/mol. The number of aromatic carboxylic acids is 1. The van der Waals surface area contributed by atoms with Gasteiger partial charge >= 0.3 is 12.0 Å². The summed E-state index contributed by atoms with van der Waals surface area (Å²) in [5.41, 5.74) is 3.97. The van der Waals surface area contributed by atoms with Crippen molar-refractivity contribution >= 4 is 35.4 Å². The van der Waals surface area contributed by atoms with Crippen LogP contribution in [0.4, 0.5) is 16.2 Å². The molecule has 33 heavy (non-hydrogen) atoms. The summed E-state index contributed by atoms with van der Waals surface area (Å²) >= 11 is 0. The molecule has 2 aliphatic rings. The zero-order valence-electron chi connectivity index (χ0n) is 19.2. The van der Waals surface area contributed by atoms with E-state index in [2.05, 4.69) is 0 Å². The van der Waals surface area contributed by atoms with Crippen LogP contribution in [0.2, 0.25) is 0 Å². The van der Waals surface area contributed by atoms with Crippen molar-refractivity contribution in [1.82, 2.24) is 5.01 Å². The summed E-state index contributed by atoms with van der Waals surface area (Å²) in [6.07, 6.45) is 6.03. The van der Waals surface area contributed by atoms with E-state index in [4.69, 9.17) is 5.10 Å². The third-order valence-electron chi connectivity index (χ3n) is 6.46. The lowest BCUT2D eigenvalue weighted by Gasteiger charge is -2.29. The molecular weight excluding hydrogens is 418 g/mol. The summed E-state index contributed by atoms with van der Waals surface area (Å²) in [5, 5.41) is 16.2. The number of carbonyl (C=O) groups is 3. The van der Waals surface area contributed by atoms with Gasteiger partial charge in [0.05, 0.1) is 28.7 Å². The molecule has 7 heteroatoms. The number of carboxylic acid groups (broad SMARTS) is 1. The van der Waals surface area contributed by atoms with Gasteiger partial charge in [-0.3, -0.25) is 9.69 Å². The fourth-order valence-electron chi connectivity index (χ4n) is 4.70. The number of hydrogen-bond acceptors (Lipinski definition) is 4. The molecule has 1 fully saturated rings. The maximum Gasteiger partial charge on any atom is 0.349 e. The molecule has 0 atom stereocenters. The first-order chi connectivity index (χ1) is 15.8. The van der Waals surface area contributed by atoms with E-state index in [-0.39, 0.29) is 23.6 Å². The molecule has 2 amide bonds. The van der Waals surface area contributed by atoms with Crippen LogP contribution >= 0.6 is 0 Å². The summed E-state index contributed by atoms with van der Waals surface area (Å²) in [7, 11) is 0. The molecule has 0 saturated heterocycles. The van der Waals surface area contributed by atoms with Gasteiger partial charge in [-0.15, -0.1) is 0 Å². The Bertz CT molecular complexity index is 1120. The largest absolute Gasteiger partial charge is 0.478 e. The monoisotopic (exact) mass is 447 g/mol. The van der Waals surface area contributed by atoms with Crippen LogP contribution in [0.15, 0.2) is 41.5 Å². The highest BCUT2D eigenvalue weighted by Gasteiger charge is 2.36. The smallest absolute Gasteiger partial charge is 0.349 e. The number of rotatable bonds is 5. The standard InChI is InChI=1S/C26H29N3O4/c1-16(2)29-26(33)28(20-11-9-18(15-30)10-12-20)23-13-17(3)21(25(31)32)14-22(23)24(27-29)19-7-5-4-6-8-19/h9-16,19H,4-8H2,1-3H3,(H,31,32). The number of carbonyl (C=O) groups excluding carboxylic acids is 2. The van der Waals surface area contributed by atoms with E-state index in [1.54, 1.807) is 48.2 Å². The number of amides is 2. The van der Waals surface area contributed by atoms with Gasteiger partial charge in [0.2, 0.25) is 0 Å². The number of carboxylic acids is 1. The second-order valence-corrected chi connectivity index (χ2v) is 9.08. The zero-order chi connectivity index (χ0) is 23.7. The Balaban J connectivity index is 1.98. The highest BCUT2D eigenvalue weighted by Crippen LogP contribution is 2.39. The minimum atomic E-state index is -1.00. The Hall–Kier alpha value is -3.48. The van der Waals surface area contributed by atoms with Gasteiger partial charge in [0.1, 0.15) is 6.29 Å². The van der Waals surface area contributed by atoms with Crippen molar-refractivity contribution in [3.63, 3.8) is 0 Å². The van der Waals surface area contributed by atoms with E-state index >= 15 is 0 Å². The van der Waals surface area contributed by atoms with Crippen molar-refractivity contribution in [3.8, 4) is 0 Å². The fourth-order valence-corrected chi connectivity index (χ4v) is 4.70. The van der Waals surface area contributed by atoms with Crippen LogP contribution in [-0.2, 0) is 0 Å². The van der Waals surface area contributed by atoms with Gasteiger partial charge in [-0.05, 0) is 75.6 Å². The Morgan fingerprint density at radius 3 is 2.36 bits per heavy atom. The van der Waals surface area contributed by atoms with Gasteiger partial charge in [0, 0.05) is 17.0 Å². The molecule has 0 spiro atoms. The van der Waals surface area contributed by atoms with E-state index in [0.717, 1.165) is 37.7 Å². The lowest BCUT2D eigenvalue weighted by Crippen LogP contribution is -2.41. The molecule has 0 radical (unpaired) electrons. The molecule has 1 saturated carbocycles. The molecule has 1 aliphatic heterocycles. The second-order valence-electron chi connectivity index (χ2n) is 9.08. The van der Waals surface area contributed by atoms with Crippen LogP contribution in [0, 0.1) is 12.8 Å². The van der Waals surface area contributed by atoms with Crippen molar-refractivity contribution in [2.45, 2.75) is 58.9 Å². The quantitative estimate of drug-likeness (QED) is 0.589. The first-order valence-corrected chi connectivity index (χ1v) is 11.5. The van der Waals surface area contributed by atoms with Gasteiger partial charge < -0.3 is 5.11 Å². The summed E-state index contributed by atoms with van der Waals surface area (Å²) in [5.74, 6) is -0.843. The number of nitrogens with zero attached hydrogens (tertiary/aromatic N) is 3. The summed E-state index contributed by atoms with van der Waals surface area (Å²) in [6, 6.07) is 9.74. The molecule has 2 aromatic carbocycles. The number of urea groups is 1. The number of aryl methyl sites for hydroxylation is 1. The molecule has 7 nitrogen and oxygen atoms in total. The van der Waals surface area contributed by atoms with Crippen molar-refractivity contribution < 1.29 is 19.5 Å². The third-order valence-corrected chi connectivity index (χ3v) is 6.46. The Morgan fingerprint density at radius 2 is 1.79 bits per heavy atom. The van der Waals surface area contributed by atoms with Gasteiger partial charge in [-0.2, -0.15) is 5.10 Å². The van der Waals surface area contributed by atoms with Crippen LogP contribution in [-0.4, -0.2) is 40.2 Å². The second kappa shape index (κ2) is 9.17. The molecule has 172 valence electrons. The highest BCUT2D eigenvalue weighted by molar-refractivity contribution is 6.15. The average Bonchev–Trinajstić information content (AvgIpc) is 2.93. The normalized spacial score (nSPS) is 17.0. The van der Waals surface area contributed by atoms with Crippen molar-refractivity contribution in [2.75, 3.05) is 4.90 Å². The number of hydrazone groups is 1. The zero-order valence-corrected chi connectivity index (χ0v) is 19.2. The van der Waals surface area contributed by atoms with Crippen LogP contribution in [0.3, 0.4) is 0 Å². The summed E-state index contributed by atoms with van der Waals surface area (Å²) in [4.78, 5) is 38.5. The number of anilines is 2. The van der Waals surface area contributed by atoms with Crippen LogP contribution in [0.1, 0.15) is 77.8 Å². The van der Waals surface area contributed by atoms with Crippen molar-refractivity contribution in [1.29, 1.82) is 0 Å². The van der Waals surface area contributed by atoms with E-state index in [9.17, 15) is 19.5 Å². The molecule has 0 bridgehead atoms. The lowest BCUT2D eigenvalue weighted by atomic mass is 9.82. The van der Waals surface area contributed by atoms with Crippen LogP contribution in [0.5, 0.6) is 0 Å². The van der Waals surface area contributed by atoms with Gasteiger partial charge in [-0.25, -0.2) is 14.6 Å². The number of aldehydes is 1. The Labute approximate surface area is 193 Å². The van der Waals surface area contributed by atoms with E-state index in [1.807, 2.05) is 13.8 Å². The first kappa shape index (κ1) is 22.7. The van der Waals surface area contributed by atoms with Crippen molar-refractivity contribution in [2.24, 2.45) is 11.0 Å². The topological polar surface area (TPSA) is 90.3 Å². The average molecular weight is 448 g/mol. The number of fused-ring (bicyclic) bond motifs is 1.